The average Bonchev–Trinajstić information content (AvgIpc) is 1.52. The molecule has 34 nitrogen and oxygen atoms in total. The Morgan fingerprint density at radius 2 is 1.10 bits per heavy atom. The summed E-state index contributed by atoms with van der Waals surface area (Å²) in [5, 5.41) is 70.4. The SMILES string of the molecule is C.CO.O=CO[O-].[2H]C[C@@]12O[C@H]([3H])[C@@H]([C@@H]1OP(OCC[N+]#[C-])N(C(C)C)C(C)C)N(C)[C@H]2C.[3H]OC.[3H][C@@H]1O[C@@](CC)(C(C)C)[C@@H](OC)[C@@H]1O.[3H][C@@H]1O[C@@](CC)(C(C)C)[C@@H](OC)[C@@H]1OS(=O)(=O)C(F)(F)F.[3H][C@@H]1O[C@@](CC)(C(C)C)[C@@H](OC)[C@H]1OC(C)=O.[3H][C@@H]1O[C@@](CC)([C@@H](C)O)[C@@H](OC)[C@H]1O.[3H][C@@H]1O[C@@]2(CC)[C@H](C)N[C@@H]1[C@@H]2OC.[3H][C@@H]1O[C@@]2(CO)[C@H](C)N(C)[C@@H]1[C@@H]2O.[H-].[K+].[K+]. The first-order chi connectivity index (χ1) is 59.0. The van der Waals surface area contributed by atoms with Crippen LogP contribution < -0.4 is 113 Å². The van der Waals surface area contributed by atoms with E-state index < -0.39 is 165 Å². The molecule has 0 aromatic rings. The van der Waals surface area contributed by atoms with E-state index in [0.717, 1.165) is 26.4 Å². The Labute approximate surface area is 822 Å². The molecule has 0 radical (unpaired) electrons. The van der Waals surface area contributed by atoms with Crippen molar-refractivity contribution in [2.75, 3.05) is 130 Å². The predicted octanol–water partition coefficient (Wildman–Crippen LogP) is -0.137. The van der Waals surface area contributed by atoms with Gasteiger partial charge in [0.25, 0.3) is 15.0 Å². The number of aliphatic hydroxyl groups is 7. The van der Waals surface area contributed by atoms with Crippen LogP contribution in [0.15, 0.2) is 0 Å². The van der Waals surface area contributed by atoms with Gasteiger partial charge < -0.3 is 128 Å². The zero-order chi connectivity index (χ0) is 98.9. The summed E-state index contributed by atoms with van der Waals surface area (Å²) in [5.74, 6) is -0.204. The van der Waals surface area contributed by atoms with E-state index in [2.05, 4.69) is 75.5 Å². The van der Waals surface area contributed by atoms with Crippen molar-refractivity contribution < 1.29 is 267 Å². The maximum Gasteiger partial charge on any atom is 1.00 e. The van der Waals surface area contributed by atoms with Crippen molar-refractivity contribution in [3.05, 3.63) is 11.4 Å². The molecule has 41 heteroatoms. The van der Waals surface area contributed by atoms with Gasteiger partial charge in [-0.25, -0.2) is 11.2 Å². The molecule has 1 unspecified atom stereocenters. The van der Waals surface area contributed by atoms with Gasteiger partial charge in [-0.3, -0.25) is 23.6 Å². The number of likely N-dealkylation sites (tertiary alicyclic amines) is 2. The molecule has 0 spiro atoms. The van der Waals surface area contributed by atoms with Crippen molar-refractivity contribution in [2.24, 2.45) is 17.8 Å². The average molecular weight is 1870 g/mol. The van der Waals surface area contributed by atoms with Crippen molar-refractivity contribution in [3.63, 3.8) is 0 Å². The largest absolute Gasteiger partial charge is 1.00 e. The number of aliphatic hydroxyl groups excluding tert-OH is 7. The number of esters is 1. The molecule has 10 heterocycles. The maximum atomic E-state index is 12.4. The second-order valence-electron chi connectivity index (χ2n) is 31.1. The molecular weight excluding hydrogens is 1690 g/mol. The fourth-order valence-electron chi connectivity index (χ4n) is 16.8. The van der Waals surface area contributed by atoms with Gasteiger partial charge in [-0.15, -0.1) is 0 Å². The molecule has 8 N–H and O–H groups in total. The summed E-state index contributed by atoms with van der Waals surface area (Å²) in [6.07, 6.45) is -5.39. The number of ether oxygens (including phenoxy) is 13. The van der Waals surface area contributed by atoms with Crippen LogP contribution in [0.4, 0.5) is 13.2 Å². The van der Waals surface area contributed by atoms with Crippen LogP contribution in [0.3, 0.4) is 0 Å². The number of alkyl halides is 3. The first kappa shape index (κ1) is 109. The van der Waals surface area contributed by atoms with Gasteiger partial charge in [0.15, 0.2) is 6.10 Å². The smallest absolute Gasteiger partial charge is 1.00 e. The summed E-state index contributed by atoms with van der Waals surface area (Å²) in [5.41, 5.74) is -10.7. The number of rotatable bonds is 27. The number of nitrogens with zero attached hydrogens (tertiary/aromatic N) is 4. The summed E-state index contributed by atoms with van der Waals surface area (Å²) in [6.45, 7) is 39.4. The summed E-state index contributed by atoms with van der Waals surface area (Å²) in [4.78, 5) is 29.7. The number of likely N-dealkylation sites (N-methyl/N-ethyl adjacent to an activating group) is 2. The minimum Gasteiger partial charge on any atom is -1.00 e. The molecule has 121 heavy (non-hydrogen) atoms. The van der Waals surface area contributed by atoms with Gasteiger partial charge in [0.05, 0.1) is 97.7 Å². The molecule has 10 aliphatic heterocycles. The zero-order valence-corrected chi connectivity index (χ0v) is 84.6. The number of morpholine rings is 3. The summed E-state index contributed by atoms with van der Waals surface area (Å²) < 4.78 is 217. The van der Waals surface area contributed by atoms with Crippen molar-refractivity contribution in [3.8, 4) is 0 Å². The molecular formula is C80H157F3K2N5O29PS. The number of methoxy groups -OCH3 is 5. The quantitative estimate of drug-likeness (QED) is 0.00507. The van der Waals surface area contributed by atoms with Gasteiger partial charge in [-0.2, -0.15) is 21.6 Å². The number of carbonyl (C=O) groups is 2. The molecule has 0 aromatic heterocycles. The second kappa shape index (κ2) is 57.4. The van der Waals surface area contributed by atoms with Gasteiger partial charge in [-0.1, -0.05) is 83.6 Å². The van der Waals surface area contributed by atoms with Gasteiger partial charge in [-0.05, 0) is 126 Å². The number of fused-ring (bicyclic) bond motifs is 6. The topological polar surface area (TPSA) is 416 Å². The van der Waals surface area contributed by atoms with Crippen LogP contribution in [-0.4, -0.2) is 369 Å². The standard InChI is InChI=1S/C17H32N3O3P.C12H22O4.C11H19F3O5S.C10H20O3.C9H17NO2.C9H18O4.C8H15NO3.CH2O3.2CH4O.CH4.2K.H/c1-12(2)20(13(3)4)24(22-10-9-18-7)23-16-15-11-21-17(16,6)14(5)19(15)8;1-6-12(8(2)3)11(14-5)10(7-15-12)16-9(4)13;1-5-10(7(2)3)9(17-4)8(6-18-10)19-20(15,16)11(12,13)14;1-5-10(7(2)3)9(12-4)8(11)6-13-10;1-4-9-6(2)10-7(5-12-9)8(9)11-3;1-4-9(6(2)10)8(12-3)7(11)5-13-9;1-5-8(4-10)7(11)6(3-12-8)9(5)2;2-1-4-3;2*1-2;;;;/h12-16H,9-11H2,1-6,8H3;8,10-11H,6-7H2,1-5H3;7-9H,5-6H2,1-4H3;7-9,11H,5-6H2,1-4H3;6-8,10H,4-5H2,1-3H3;6-8,10-11H,4-5H2,1-3H3;5-7,10-11H,3-4H2,1-2H3;1,3H;2*2H,1H3;1H4;;;/q;;;;;;;;;;;2*+1;-1/p-1/t14-,15-,16-,17-,24?;10-,11-,12-;2*8-,9+,10+;6-,7-,8-,9-;6-,7+,8+,9+;5-,6-,7-,8-;;;;;;;/m0011010......./s1/i6D,11T;7T;2*6T;2*5T;3T;;2T;;;;;/t11-,14+,15+,16+,17+,24?;7-,10-,11-,12-;2*6-,8+,9-,10-;5-,6-,7-,8-,9-;5-,6+,7-,8-,9-;3-,5-,6-,7-,8-;;;;;;;/m1000000........ The molecule has 0 aliphatic carbocycles. The molecule has 10 saturated heterocycles. The van der Waals surface area contributed by atoms with Crippen LogP contribution in [0, 0.1) is 24.3 Å². The van der Waals surface area contributed by atoms with Gasteiger partial charge in [0.1, 0.15) is 95.7 Å². The number of halogens is 3. The van der Waals surface area contributed by atoms with Crippen LogP contribution in [0.1, 0.15) is 197 Å². The van der Waals surface area contributed by atoms with E-state index in [1.807, 2.05) is 81.3 Å². The molecule has 0 saturated carbocycles. The molecule has 10 rings (SSSR count). The molecule has 33 atom stereocenters. The Kier molecular flexibility index (Phi) is 51.6. The van der Waals surface area contributed by atoms with Crippen LogP contribution in [0.5, 0.6) is 0 Å². The summed E-state index contributed by atoms with van der Waals surface area (Å²) in [6, 6.07) is 0.190. The summed E-state index contributed by atoms with van der Waals surface area (Å²) >= 11 is 0. The van der Waals surface area contributed by atoms with Crippen molar-refractivity contribution >= 4 is 31.1 Å². The first-order valence-corrected chi connectivity index (χ1v) is 42.3. The van der Waals surface area contributed by atoms with Gasteiger partial charge in [0, 0.05) is 88.3 Å². The Morgan fingerprint density at radius 3 is 1.44 bits per heavy atom. The van der Waals surface area contributed by atoms with Crippen LogP contribution in [0.25, 0.3) is 4.85 Å². The number of nitrogens with one attached hydrogen (secondary N) is 1. The third kappa shape index (κ3) is 28.9. The first-order valence-electron chi connectivity index (χ1n) is 44.9. The van der Waals surface area contributed by atoms with E-state index in [1.165, 1.54) is 28.3 Å². The fraction of sp³-hybridized carbons (Fsp3) is 0.963. The summed E-state index contributed by atoms with van der Waals surface area (Å²) in [7, 11) is 6.36. The van der Waals surface area contributed by atoms with Gasteiger partial charge in [0.2, 0.25) is 7.98 Å². The molecule has 710 valence electrons. The van der Waals surface area contributed by atoms with Crippen LogP contribution >= 0.6 is 8.53 Å². The fourth-order valence-corrected chi connectivity index (χ4v) is 19.2. The van der Waals surface area contributed by atoms with E-state index in [9.17, 15) is 51.9 Å². The van der Waals surface area contributed by atoms with E-state index in [1.54, 1.807) is 49.0 Å². The van der Waals surface area contributed by atoms with Gasteiger partial charge >= 0.3 is 124 Å². The maximum absolute atomic E-state index is 12.4. The Bertz CT molecular complexity index is 3310. The van der Waals surface area contributed by atoms with Crippen molar-refractivity contribution in [2.45, 2.75) is 351 Å². The minimum atomic E-state index is -5.82. The molecule has 0 aromatic carbocycles. The molecule has 10 aliphatic rings. The minimum absolute atomic E-state index is 0. The molecule has 6 bridgehead atoms. The normalized spacial score (nSPS) is 41.5. The Balaban J connectivity index is -0.000000712. The second-order valence-corrected chi connectivity index (χ2v) is 34.1. The zero-order valence-electron chi connectivity index (χ0n) is 86.6. The molecule has 0 amide bonds. The predicted molar refractivity (Wildman–Crippen MR) is 440 cm³/mol. The van der Waals surface area contributed by atoms with E-state index >= 15 is 0 Å². The van der Waals surface area contributed by atoms with E-state index in [-0.39, 0.29) is 228 Å². The van der Waals surface area contributed by atoms with Crippen molar-refractivity contribution in [1.82, 2.24) is 19.8 Å². The van der Waals surface area contributed by atoms with E-state index in [4.69, 9.17) is 105 Å². The third-order valence-corrected chi connectivity index (χ3v) is 27.1. The molecule has 10 fully saturated rings. The van der Waals surface area contributed by atoms with Crippen LogP contribution in [0.2, 0.25) is 0 Å². The monoisotopic (exact) mass is 1870 g/mol. The third-order valence-electron chi connectivity index (χ3n) is 23.9. The Hall–Kier alpha value is 0.793. The number of hydrogen-bond acceptors (Lipinski definition) is 33. The number of carbonyl (C=O) groups excluding carboxylic acids is 2. The van der Waals surface area contributed by atoms with Crippen molar-refractivity contribution in [1.29, 1.82) is 1.43 Å². The van der Waals surface area contributed by atoms with E-state index in [0.29, 0.717) is 19.4 Å². The number of hydrogen-bond donors (Lipinski definition) is 8. The van der Waals surface area contributed by atoms with Crippen LogP contribution in [-0.2, 0) is 99.4 Å². The Morgan fingerprint density at radius 1 is 0.694 bits per heavy atom.